The number of methoxy groups -OCH3 is 1. The molecule has 2 aromatic rings. The van der Waals surface area contributed by atoms with Gasteiger partial charge in [-0.3, -0.25) is 4.99 Å². The number of nitrogens with zero attached hydrogens (tertiary/aromatic N) is 3. The Hall–Kier alpha value is -3.01. The van der Waals surface area contributed by atoms with Crippen LogP contribution in [0.5, 0.6) is 11.5 Å². The summed E-state index contributed by atoms with van der Waals surface area (Å²) in [7, 11) is 3.45. The number of likely N-dealkylation sites (tertiary alicyclic amines) is 1. The normalized spacial score (nSPS) is 15.6. The first-order chi connectivity index (χ1) is 15.7. The topological polar surface area (TPSA) is 98.9 Å². The van der Waals surface area contributed by atoms with Crippen LogP contribution in [0.2, 0.25) is 0 Å². The van der Waals surface area contributed by atoms with Gasteiger partial charge in [0, 0.05) is 18.2 Å². The molecule has 0 radical (unpaired) electrons. The minimum atomic E-state index is -2.36. The van der Waals surface area contributed by atoms with Crippen LogP contribution >= 0.6 is 0 Å². The maximum atomic E-state index is 14.2. The molecule has 0 aliphatic carbocycles. The summed E-state index contributed by atoms with van der Waals surface area (Å²) in [6.45, 7) is 6.94. The van der Waals surface area contributed by atoms with E-state index in [1.807, 2.05) is 20.0 Å². The largest absolute Gasteiger partial charge is 0.493 e. The third-order valence-electron chi connectivity index (χ3n) is 5.75. The van der Waals surface area contributed by atoms with E-state index in [1.165, 1.54) is 19.5 Å². The van der Waals surface area contributed by atoms with Crippen molar-refractivity contribution in [2.24, 2.45) is 15.9 Å². The molecular weight excluding hydrogens is 427 g/mol. The van der Waals surface area contributed by atoms with Crippen molar-refractivity contribution in [2.45, 2.75) is 32.3 Å². The number of halogens is 1. The standard InChI is InChI=1S/C24H31FN4O4/c1-16-5-6-20(19(25)11-16)27-14-17-12-22(32-4)23(13-21(17)28-15-26-2)33-24(30,31)18-7-9-29(3)10-8-18/h5-6,11-13,15,18,27,30-31H,2,7-10,14H2,1,3-4H3. The van der Waals surface area contributed by atoms with Gasteiger partial charge in [0.25, 0.3) is 0 Å². The number of benzene rings is 2. The fourth-order valence-electron chi connectivity index (χ4n) is 3.78. The SMILES string of the molecule is C=NC=Nc1cc(OC(O)(O)C2CCN(C)CC2)c(OC)cc1CNc1ccc(C)cc1F. The summed E-state index contributed by atoms with van der Waals surface area (Å²) in [6, 6.07) is 8.13. The third-order valence-corrected chi connectivity index (χ3v) is 5.75. The van der Waals surface area contributed by atoms with Crippen molar-refractivity contribution in [3.05, 3.63) is 47.3 Å². The van der Waals surface area contributed by atoms with Gasteiger partial charge in [0.05, 0.1) is 24.4 Å². The van der Waals surface area contributed by atoms with Gasteiger partial charge in [0.15, 0.2) is 11.5 Å². The van der Waals surface area contributed by atoms with Crippen LogP contribution in [0, 0.1) is 18.7 Å². The Morgan fingerprint density at radius 3 is 2.61 bits per heavy atom. The number of aliphatic hydroxyl groups is 2. The van der Waals surface area contributed by atoms with E-state index in [9.17, 15) is 14.6 Å². The molecule has 1 heterocycles. The number of rotatable bonds is 9. The molecule has 0 bridgehead atoms. The zero-order chi connectivity index (χ0) is 24.0. The molecule has 0 atom stereocenters. The van der Waals surface area contributed by atoms with Crippen molar-refractivity contribution in [3.63, 3.8) is 0 Å². The number of anilines is 1. The van der Waals surface area contributed by atoms with E-state index >= 15 is 0 Å². The Morgan fingerprint density at radius 2 is 1.97 bits per heavy atom. The van der Waals surface area contributed by atoms with E-state index in [4.69, 9.17) is 9.47 Å². The van der Waals surface area contributed by atoms with E-state index < -0.39 is 11.9 Å². The molecule has 1 aliphatic rings. The number of aliphatic imine (C=N–C) groups is 2. The molecule has 33 heavy (non-hydrogen) atoms. The molecule has 1 saturated heterocycles. The average molecular weight is 459 g/mol. The summed E-state index contributed by atoms with van der Waals surface area (Å²) < 4.78 is 25.3. The maximum absolute atomic E-state index is 14.2. The second-order valence-electron chi connectivity index (χ2n) is 8.23. The van der Waals surface area contributed by atoms with E-state index in [0.29, 0.717) is 35.5 Å². The summed E-state index contributed by atoms with van der Waals surface area (Å²) >= 11 is 0. The first kappa shape index (κ1) is 24.6. The molecule has 3 rings (SSSR count). The van der Waals surface area contributed by atoms with Gasteiger partial charge >= 0.3 is 5.97 Å². The molecular formula is C24H31FN4O4. The van der Waals surface area contributed by atoms with Crippen LogP contribution in [-0.4, -0.2) is 61.4 Å². The van der Waals surface area contributed by atoms with E-state index in [0.717, 1.165) is 18.7 Å². The van der Waals surface area contributed by atoms with Crippen molar-refractivity contribution in [1.82, 2.24) is 4.90 Å². The predicted molar refractivity (Wildman–Crippen MR) is 127 cm³/mol. The third kappa shape index (κ3) is 6.28. The van der Waals surface area contributed by atoms with Crippen molar-refractivity contribution < 1.29 is 24.1 Å². The summed E-state index contributed by atoms with van der Waals surface area (Å²) in [4.78, 5) is 10.0. The van der Waals surface area contributed by atoms with Gasteiger partial charge < -0.3 is 29.9 Å². The van der Waals surface area contributed by atoms with Crippen LogP contribution in [0.1, 0.15) is 24.0 Å². The second-order valence-corrected chi connectivity index (χ2v) is 8.23. The average Bonchev–Trinajstić information content (AvgIpc) is 2.77. The van der Waals surface area contributed by atoms with Crippen molar-refractivity contribution in [1.29, 1.82) is 0 Å². The van der Waals surface area contributed by atoms with Crippen molar-refractivity contribution in [2.75, 3.05) is 32.6 Å². The fourth-order valence-corrected chi connectivity index (χ4v) is 3.78. The number of hydrogen-bond donors (Lipinski definition) is 3. The van der Waals surface area contributed by atoms with Gasteiger partial charge in [-0.05, 0) is 70.4 Å². The Morgan fingerprint density at radius 1 is 1.24 bits per heavy atom. The summed E-state index contributed by atoms with van der Waals surface area (Å²) in [5.74, 6) is -2.75. The van der Waals surface area contributed by atoms with Crippen LogP contribution in [0.4, 0.5) is 15.8 Å². The lowest BCUT2D eigenvalue weighted by atomic mass is 9.94. The van der Waals surface area contributed by atoms with E-state index in [-0.39, 0.29) is 18.1 Å². The first-order valence-corrected chi connectivity index (χ1v) is 10.7. The molecule has 1 aliphatic heterocycles. The Kier molecular flexibility index (Phi) is 8.01. The van der Waals surface area contributed by atoms with Crippen molar-refractivity contribution in [3.8, 4) is 11.5 Å². The summed E-state index contributed by atoms with van der Waals surface area (Å²) in [5.41, 5.74) is 2.28. The smallest absolute Gasteiger partial charge is 0.325 e. The monoisotopic (exact) mass is 458 g/mol. The number of hydrogen-bond acceptors (Lipinski definition) is 7. The van der Waals surface area contributed by atoms with Crippen molar-refractivity contribution >= 4 is 24.4 Å². The highest BCUT2D eigenvalue weighted by atomic mass is 19.1. The highest BCUT2D eigenvalue weighted by Gasteiger charge is 2.39. The highest BCUT2D eigenvalue weighted by molar-refractivity contribution is 5.69. The zero-order valence-electron chi connectivity index (χ0n) is 19.2. The van der Waals surface area contributed by atoms with Gasteiger partial charge in [-0.15, -0.1) is 0 Å². The zero-order valence-corrected chi connectivity index (χ0v) is 19.2. The summed E-state index contributed by atoms with van der Waals surface area (Å²) in [6.07, 6.45) is 2.44. The number of aryl methyl sites for hydroxylation is 1. The molecule has 2 aromatic carbocycles. The molecule has 1 fully saturated rings. The maximum Gasteiger partial charge on any atom is 0.325 e. The predicted octanol–water partition coefficient (Wildman–Crippen LogP) is 3.47. The van der Waals surface area contributed by atoms with E-state index in [1.54, 1.807) is 18.2 Å². The molecule has 0 spiro atoms. The van der Waals surface area contributed by atoms with E-state index in [2.05, 4.69) is 26.9 Å². The molecule has 0 saturated carbocycles. The van der Waals surface area contributed by atoms with Gasteiger partial charge in [0.1, 0.15) is 12.2 Å². The molecule has 8 nitrogen and oxygen atoms in total. The lowest BCUT2D eigenvalue weighted by Crippen LogP contribution is -2.48. The van der Waals surface area contributed by atoms with Gasteiger partial charge in [-0.2, -0.15) is 0 Å². The Bertz CT molecular complexity index is 1000. The van der Waals surface area contributed by atoms with Gasteiger partial charge in [0.2, 0.25) is 0 Å². The minimum Gasteiger partial charge on any atom is -0.493 e. The Balaban J connectivity index is 1.87. The quantitative estimate of drug-likeness (QED) is 0.302. The van der Waals surface area contributed by atoms with Gasteiger partial charge in [-0.1, -0.05) is 6.07 Å². The number of nitrogens with one attached hydrogen (secondary N) is 1. The van der Waals surface area contributed by atoms with Gasteiger partial charge in [-0.25, -0.2) is 9.38 Å². The second kappa shape index (κ2) is 10.7. The molecule has 0 amide bonds. The van der Waals surface area contributed by atoms with Crippen LogP contribution in [0.15, 0.2) is 40.3 Å². The Labute approximate surface area is 193 Å². The van der Waals surface area contributed by atoms with Crippen LogP contribution in [0.25, 0.3) is 0 Å². The molecule has 9 heteroatoms. The van der Waals surface area contributed by atoms with Crippen LogP contribution in [0.3, 0.4) is 0 Å². The molecule has 0 unspecified atom stereocenters. The van der Waals surface area contributed by atoms with Crippen LogP contribution < -0.4 is 14.8 Å². The molecule has 0 aromatic heterocycles. The lowest BCUT2D eigenvalue weighted by Gasteiger charge is -2.36. The number of ether oxygens (including phenoxy) is 2. The minimum absolute atomic E-state index is 0.128. The molecule has 3 N–H and O–H groups in total. The van der Waals surface area contributed by atoms with Crippen LogP contribution in [-0.2, 0) is 6.54 Å². The molecule has 178 valence electrons. The number of piperidine rings is 1. The summed E-state index contributed by atoms with van der Waals surface area (Å²) in [5, 5.41) is 24.4. The fraction of sp³-hybridized carbons (Fsp3) is 0.417. The first-order valence-electron chi connectivity index (χ1n) is 10.7. The lowest BCUT2D eigenvalue weighted by molar-refractivity contribution is -0.328. The highest BCUT2D eigenvalue weighted by Crippen LogP contribution is 2.39.